The zero-order valence-corrected chi connectivity index (χ0v) is 13.7. The summed E-state index contributed by atoms with van der Waals surface area (Å²) in [5, 5.41) is 1.36. The van der Waals surface area contributed by atoms with E-state index >= 15 is 0 Å². The minimum Gasteiger partial charge on any atom is -0.334 e. The molecule has 1 atom stereocenters. The van der Waals surface area contributed by atoms with Gasteiger partial charge in [0.1, 0.15) is 10.8 Å². The van der Waals surface area contributed by atoms with Crippen molar-refractivity contribution in [3.8, 4) is 0 Å². The number of aromatic nitrogens is 1. The predicted octanol–water partition coefficient (Wildman–Crippen LogP) is 4.88. The first-order valence-electron chi connectivity index (χ1n) is 6.25. The van der Waals surface area contributed by atoms with Crippen LogP contribution in [0.2, 0.25) is 15.2 Å². The number of carbonyl (C=O) groups is 1. The van der Waals surface area contributed by atoms with Crippen molar-refractivity contribution < 1.29 is 4.79 Å². The third kappa shape index (κ3) is 3.67. The van der Waals surface area contributed by atoms with Crippen LogP contribution < -0.4 is 0 Å². The van der Waals surface area contributed by atoms with Crippen LogP contribution in [0.1, 0.15) is 29.0 Å². The summed E-state index contributed by atoms with van der Waals surface area (Å²) in [6, 6.07) is 9.93. The predicted molar refractivity (Wildman–Crippen MR) is 86.2 cm³/mol. The Balaban J connectivity index is 2.26. The summed E-state index contributed by atoms with van der Waals surface area (Å²) in [4.78, 5) is 18.0. The number of hydrogen-bond acceptors (Lipinski definition) is 2. The lowest BCUT2D eigenvalue weighted by molar-refractivity contribution is 0.0737. The minimum atomic E-state index is -0.226. The zero-order chi connectivity index (χ0) is 15.6. The molecule has 2 aromatic rings. The SMILES string of the molecule is CC(c1ccc(Cl)cc1Cl)N(C)C(=O)c1cccc(Cl)n1. The summed E-state index contributed by atoms with van der Waals surface area (Å²) in [5.74, 6) is -0.226. The van der Waals surface area contributed by atoms with Gasteiger partial charge in [-0.05, 0) is 36.8 Å². The molecule has 2 rings (SSSR count). The van der Waals surface area contributed by atoms with Crippen LogP contribution in [0.3, 0.4) is 0 Å². The number of amides is 1. The quantitative estimate of drug-likeness (QED) is 0.745. The van der Waals surface area contributed by atoms with Gasteiger partial charge in [-0.25, -0.2) is 4.98 Å². The van der Waals surface area contributed by atoms with E-state index < -0.39 is 0 Å². The maximum atomic E-state index is 12.4. The van der Waals surface area contributed by atoms with Crippen molar-refractivity contribution in [2.24, 2.45) is 0 Å². The summed E-state index contributed by atoms with van der Waals surface area (Å²) in [7, 11) is 1.69. The van der Waals surface area contributed by atoms with Crippen molar-refractivity contribution in [3.63, 3.8) is 0 Å². The lowest BCUT2D eigenvalue weighted by Crippen LogP contribution is -2.30. The Morgan fingerprint density at radius 3 is 2.52 bits per heavy atom. The van der Waals surface area contributed by atoms with Crippen molar-refractivity contribution >= 4 is 40.7 Å². The van der Waals surface area contributed by atoms with E-state index in [4.69, 9.17) is 34.8 Å². The van der Waals surface area contributed by atoms with E-state index in [1.54, 1.807) is 42.3 Å². The standard InChI is InChI=1S/C15H13Cl3N2O/c1-9(11-7-6-10(16)8-12(11)17)20(2)15(21)13-4-3-5-14(18)19-13/h3-9H,1-2H3. The molecule has 1 aromatic carbocycles. The van der Waals surface area contributed by atoms with E-state index in [1.165, 1.54) is 0 Å². The van der Waals surface area contributed by atoms with Gasteiger partial charge in [0.2, 0.25) is 0 Å². The smallest absolute Gasteiger partial charge is 0.272 e. The molecule has 0 fully saturated rings. The Bertz CT molecular complexity index is 676. The highest BCUT2D eigenvalue weighted by Gasteiger charge is 2.21. The van der Waals surface area contributed by atoms with Gasteiger partial charge in [0.25, 0.3) is 5.91 Å². The molecule has 3 nitrogen and oxygen atoms in total. The van der Waals surface area contributed by atoms with Crippen molar-refractivity contribution in [3.05, 3.63) is 62.9 Å². The van der Waals surface area contributed by atoms with E-state index in [-0.39, 0.29) is 17.1 Å². The average Bonchev–Trinajstić information content (AvgIpc) is 2.45. The van der Waals surface area contributed by atoms with Gasteiger partial charge < -0.3 is 4.90 Å². The van der Waals surface area contributed by atoms with Gasteiger partial charge >= 0.3 is 0 Å². The largest absolute Gasteiger partial charge is 0.334 e. The second-order valence-electron chi connectivity index (χ2n) is 4.60. The lowest BCUT2D eigenvalue weighted by Gasteiger charge is -2.26. The lowest BCUT2D eigenvalue weighted by atomic mass is 10.1. The molecule has 0 saturated heterocycles. The first-order valence-corrected chi connectivity index (χ1v) is 7.38. The number of nitrogens with zero attached hydrogens (tertiary/aromatic N) is 2. The number of benzene rings is 1. The van der Waals surface area contributed by atoms with Crippen LogP contribution in [0.25, 0.3) is 0 Å². The fourth-order valence-electron chi connectivity index (χ4n) is 1.93. The minimum absolute atomic E-state index is 0.219. The van der Waals surface area contributed by atoms with Gasteiger partial charge in [-0.3, -0.25) is 4.79 Å². The van der Waals surface area contributed by atoms with Gasteiger partial charge in [-0.1, -0.05) is 46.9 Å². The monoisotopic (exact) mass is 342 g/mol. The summed E-state index contributed by atoms with van der Waals surface area (Å²) in [6.07, 6.45) is 0. The maximum Gasteiger partial charge on any atom is 0.272 e. The molecule has 6 heteroatoms. The van der Waals surface area contributed by atoms with E-state index in [9.17, 15) is 4.79 Å². The van der Waals surface area contributed by atoms with E-state index in [0.717, 1.165) is 5.56 Å². The van der Waals surface area contributed by atoms with E-state index in [1.807, 2.05) is 13.0 Å². The first kappa shape index (κ1) is 16.1. The molecule has 1 heterocycles. The second-order valence-corrected chi connectivity index (χ2v) is 5.83. The van der Waals surface area contributed by atoms with Gasteiger partial charge in [0.05, 0.1) is 6.04 Å². The number of pyridine rings is 1. The highest BCUT2D eigenvalue weighted by Crippen LogP contribution is 2.29. The van der Waals surface area contributed by atoms with Crippen LogP contribution in [0.4, 0.5) is 0 Å². The molecule has 110 valence electrons. The van der Waals surface area contributed by atoms with Crippen LogP contribution in [0.5, 0.6) is 0 Å². The molecule has 0 aliphatic heterocycles. The molecular weight excluding hydrogens is 331 g/mol. The highest BCUT2D eigenvalue weighted by atomic mass is 35.5. The van der Waals surface area contributed by atoms with Gasteiger partial charge in [0, 0.05) is 17.1 Å². The Morgan fingerprint density at radius 2 is 1.90 bits per heavy atom. The molecule has 0 saturated carbocycles. The molecule has 1 amide bonds. The summed E-state index contributed by atoms with van der Waals surface area (Å²) in [6.45, 7) is 1.89. The number of halogens is 3. The van der Waals surface area contributed by atoms with Crippen LogP contribution >= 0.6 is 34.8 Å². The molecule has 0 aliphatic carbocycles. The zero-order valence-electron chi connectivity index (χ0n) is 11.5. The Morgan fingerprint density at radius 1 is 1.19 bits per heavy atom. The molecule has 1 unspecified atom stereocenters. The van der Waals surface area contributed by atoms with Crippen LogP contribution in [-0.4, -0.2) is 22.8 Å². The van der Waals surface area contributed by atoms with Crippen LogP contribution in [-0.2, 0) is 0 Å². The van der Waals surface area contributed by atoms with E-state index in [0.29, 0.717) is 15.7 Å². The van der Waals surface area contributed by atoms with Crippen LogP contribution in [0, 0.1) is 0 Å². The fraction of sp³-hybridized carbons (Fsp3) is 0.200. The van der Waals surface area contributed by atoms with Crippen LogP contribution in [0.15, 0.2) is 36.4 Å². The molecule has 0 N–H and O–H groups in total. The normalized spacial score (nSPS) is 12.0. The van der Waals surface area contributed by atoms with Crippen molar-refractivity contribution in [2.75, 3.05) is 7.05 Å². The molecule has 21 heavy (non-hydrogen) atoms. The number of rotatable bonds is 3. The van der Waals surface area contributed by atoms with Gasteiger partial charge in [-0.15, -0.1) is 0 Å². The Labute approximate surface area is 138 Å². The molecule has 0 aliphatic rings. The fourth-order valence-corrected chi connectivity index (χ4v) is 2.66. The molecule has 1 aromatic heterocycles. The molecule has 0 radical (unpaired) electrons. The third-order valence-corrected chi connectivity index (χ3v) is 4.02. The Hall–Kier alpha value is -1.29. The summed E-state index contributed by atoms with van der Waals surface area (Å²) >= 11 is 17.9. The third-order valence-electron chi connectivity index (χ3n) is 3.25. The first-order chi connectivity index (χ1) is 9.90. The van der Waals surface area contributed by atoms with Crippen molar-refractivity contribution in [1.29, 1.82) is 0 Å². The molecule has 0 bridgehead atoms. The highest BCUT2D eigenvalue weighted by molar-refractivity contribution is 6.35. The molecule has 0 spiro atoms. The van der Waals surface area contributed by atoms with Crippen molar-refractivity contribution in [1.82, 2.24) is 9.88 Å². The average molecular weight is 344 g/mol. The van der Waals surface area contributed by atoms with E-state index in [2.05, 4.69) is 4.98 Å². The summed E-state index contributed by atoms with van der Waals surface area (Å²) < 4.78 is 0. The van der Waals surface area contributed by atoms with Crippen molar-refractivity contribution in [2.45, 2.75) is 13.0 Å². The van der Waals surface area contributed by atoms with Gasteiger partial charge in [-0.2, -0.15) is 0 Å². The summed E-state index contributed by atoms with van der Waals surface area (Å²) in [5.41, 5.74) is 1.11. The number of hydrogen-bond donors (Lipinski definition) is 0. The van der Waals surface area contributed by atoms with Gasteiger partial charge in [0.15, 0.2) is 0 Å². The Kier molecular flexibility index (Phi) is 5.09. The molecular formula is C15H13Cl3N2O. The topological polar surface area (TPSA) is 33.2 Å². The number of carbonyl (C=O) groups excluding carboxylic acids is 1. The maximum absolute atomic E-state index is 12.4. The second kappa shape index (κ2) is 6.65.